The molecule has 0 radical (unpaired) electrons. The molecule has 0 fully saturated rings. The molecule has 3 rings (SSSR count). The number of nitrogens with zero attached hydrogens (tertiary/aromatic N) is 2. The molecule has 3 N–H and O–H groups in total. The van der Waals surface area contributed by atoms with E-state index in [0.717, 1.165) is 5.56 Å². The van der Waals surface area contributed by atoms with Gasteiger partial charge in [0.05, 0.1) is 6.42 Å². The molecule has 0 spiro atoms. The second kappa shape index (κ2) is 10.8. The highest BCUT2D eigenvalue weighted by Gasteiger charge is 2.56. The Balaban J connectivity index is 2.15. The topological polar surface area (TPSA) is 137 Å². The molecule has 10 heteroatoms. The highest BCUT2D eigenvalue weighted by molar-refractivity contribution is 7.09. The first-order valence-electron chi connectivity index (χ1n) is 12.1. The fourth-order valence-electron chi connectivity index (χ4n) is 4.55. The molecular formula is C27H33N3O6S. The minimum atomic E-state index is -1.80. The van der Waals surface area contributed by atoms with Crippen LogP contribution in [0.25, 0.3) is 0 Å². The lowest BCUT2D eigenvalue weighted by atomic mass is 9.86. The second-order valence-corrected chi connectivity index (χ2v) is 11.5. The summed E-state index contributed by atoms with van der Waals surface area (Å²) in [4.78, 5) is 56.8. The number of carboxylic acid groups (broad SMARTS) is 2. The molecule has 1 aromatic carbocycles. The minimum absolute atomic E-state index is 0.0584. The molecule has 2 heterocycles. The monoisotopic (exact) mass is 527 g/mol. The number of rotatable bonds is 9. The average Bonchev–Trinajstić information content (AvgIpc) is 3.44. The van der Waals surface area contributed by atoms with Gasteiger partial charge in [-0.25, -0.2) is 9.78 Å². The largest absolute Gasteiger partial charge is 0.481 e. The third kappa shape index (κ3) is 5.90. The standard InChI is InChI=1S/C27H33N3O6S/c1-16(2)14-27(25(35)36)15-19(22(33)28-11-10-20(31)32)21(23-29-12-13-37-23)30(27)24(34)17-6-8-18(9-7-17)26(3,4)5/h6-9,12-13,15-16,21H,10-11,14H2,1-5H3,(H,28,33)(H,31,32)(H,35,36)/t21-,27+/m1/s1. The van der Waals surface area contributed by atoms with E-state index in [-0.39, 0.29) is 36.3 Å². The van der Waals surface area contributed by atoms with Crippen LogP contribution in [-0.2, 0) is 19.8 Å². The average molecular weight is 528 g/mol. The van der Waals surface area contributed by atoms with E-state index in [0.29, 0.717) is 10.6 Å². The van der Waals surface area contributed by atoms with Crippen LogP contribution in [-0.4, -0.2) is 55.9 Å². The van der Waals surface area contributed by atoms with Crippen LogP contribution in [0.2, 0.25) is 0 Å². The summed E-state index contributed by atoms with van der Waals surface area (Å²) in [6.45, 7) is 9.73. The number of carbonyl (C=O) groups excluding carboxylic acids is 2. The number of thiazole rings is 1. The maximum absolute atomic E-state index is 14.1. The van der Waals surface area contributed by atoms with Gasteiger partial charge in [-0.2, -0.15) is 0 Å². The fraction of sp³-hybridized carbons (Fsp3) is 0.444. The Bertz CT molecular complexity index is 1200. The Morgan fingerprint density at radius 2 is 1.78 bits per heavy atom. The molecule has 0 saturated heterocycles. The summed E-state index contributed by atoms with van der Waals surface area (Å²) in [7, 11) is 0. The first-order chi connectivity index (χ1) is 17.3. The highest BCUT2D eigenvalue weighted by atomic mass is 32.1. The zero-order valence-electron chi connectivity index (χ0n) is 21.6. The van der Waals surface area contributed by atoms with Gasteiger partial charge in [0.2, 0.25) is 5.91 Å². The van der Waals surface area contributed by atoms with E-state index >= 15 is 0 Å². The number of hydrogen-bond donors (Lipinski definition) is 3. The highest BCUT2D eigenvalue weighted by Crippen LogP contribution is 2.47. The summed E-state index contributed by atoms with van der Waals surface area (Å²) in [6.07, 6.45) is 2.66. The van der Waals surface area contributed by atoms with Gasteiger partial charge in [0.15, 0.2) is 5.54 Å². The summed E-state index contributed by atoms with van der Waals surface area (Å²) in [5.41, 5.74) is -0.564. The van der Waals surface area contributed by atoms with E-state index in [1.807, 2.05) is 26.0 Å². The second-order valence-electron chi connectivity index (χ2n) is 10.6. The third-order valence-corrected chi connectivity index (χ3v) is 7.08. The molecule has 2 amide bonds. The molecule has 0 bridgehead atoms. The maximum Gasteiger partial charge on any atom is 0.333 e. The van der Waals surface area contributed by atoms with Crippen molar-refractivity contribution in [3.8, 4) is 0 Å². The Morgan fingerprint density at radius 1 is 1.14 bits per heavy atom. The van der Waals surface area contributed by atoms with Gasteiger partial charge in [0.25, 0.3) is 5.91 Å². The van der Waals surface area contributed by atoms with Gasteiger partial charge in [-0.3, -0.25) is 14.4 Å². The van der Waals surface area contributed by atoms with Gasteiger partial charge in [0.1, 0.15) is 11.0 Å². The van der Waals surface area contributed by atoms with Crippen LogP contribution in [0.3, 0.4) is 0 Å². The van der Waals surface area contributed by atoms with E-state index in [9.17, 15) is 24.3 Å². The van der Waals surface area contributed by atoms with Gasteiger partial charge in [-0.1, -0.05) is 46.8 Å². The predicted octanol–water partition coefficient (Wildman–Crippen LogP) is 4.02. The molecule has 0 aliphatic carbocycles. The molecule has 2 atom stereocenters. The number of aliphatic carboxylic acids is 2. The van der Waals surface area contributed by atoms with Crippen LogP contribution < -0.4 is 5.32 Å². The minimum Gasteiger partial charge on any atom is -0.481 e. The first kappa shape index (κ1) is 28.0. The molecule has 0 unspecified atom stereocenters. The number of amides is 2. The summed E-state index contributed by atoms with van der Waals surface area (Å²) in [6, 6.07) is 6.00. The molecule has 1 aliphatic heterocycles. The Morgan fingerprint density at radius 3 is 2.27 bits per heavy atom. The maximum atomic E-state index is 14.1. The van der Waals surface area contributed by atoms with Crippen molar-refractivity contribution in [3.05, 3.63) is 63.6 Å². The SMILES string of the molecule is CC(C)C[C@@]1(C(=O)O)C=C(C(=O)NCCC(=O)O)[C@H](c2nccs2)N1C(=O)c1ccc(C(C)(C)C)cc1. The van der Waals surface area contributed by atoms with Crippen molar-refractivity contribution in [2.75, 3.05) is 6.54 Å². The zero-order chi connectivity index (χ0) is 27.5. The van der Waals surface area contributed by atoms with Crippen LogP contribution in [0.5, 0.6) is 0 Å². The van der Waals surface area contributed by atoms with Crippen molar-refractivity contribution in [3.63, 3.8) is 0 Å². The van der Waals surface area contributed by atoms with E-state index in [1.54, 1.807) is 17.5 Å². The van der Waals surface area contributed by atoms with Crippen LogP contribution in [0.15, 0.2) is 47.5 Å². The van der Waals surface area contributed by atoms with Crippen molar-refractivity contribution in [2.24, 2.45) is 5.92 Å². The van der Waals surface area contributed by atoms with E-state index in [4.69, 9.17) is 5.11 Å². The van der Waals surface area contributed by atoms with Gasteiger partial charge in [-0.15, -0.1) is 11.3 Å². The lowest BCUT2D eigenvalue weighted by Crippen LogP contribution is -2.55. The molecule has 0 saturated carbocycles. The lowest BCUT2D eigenvalue weighted by molar-refractivity contribution is -0.148. The lowest BCUT2D eigenvalue weighted by Gasteiger charge is -2.39. The van der Waals surface area contributed by atoms with Gasteiger partial charge >= 0.3 is 11.9 Å². The molecular weight excluding hydrogens is 494 g/mol. The number of nitrogens with one attached hydrogen (secondary N) is 1. The summed E-state index contributed by atoms with van der Waals surface area (Å²) in [5, 5.41) is 24.1. The Hall–Kier alpha value is -3.53. The number of hydrogen-bond acceptors (Lipinski definition) is 6. The fourth-order valence-corrected chi connectivity index (χ4v) is 5.29. The van der Waals surface area contributed by atoms with E-state index in [1.165, 1.54) is 28.5 Å². The van der Waals surface area contributed by atoms with Crippen molar-refractivity contribution in [1.29, 1.82) is 0 Å². The summed E-state index contributed by atoms with van der Waals surface area (Å²) in [5.74, 6) is -3.62. The van der Waals surface area contributed by atoms with Crippen LogP contribution in [0.1, 0.15) is 74.4 Å². The van der Waals surface area contributed by atoms with E-state index in [2.05, 4.69) is 31.1 Å². The normalized spacial score (nSPS) is 19.6. The number of benzene rings is 1. The van der Waals surface area contributed by atoms with Crippen molar-refractivity contribution in [1.82, 2.24) is 15.2 Å². The predicted molar refractivity (Wildman–Crippen MR) is 139 cm³/mol. The van der Waals surface area contributed by atoms with Crippen LogP contribution in [0.4, 0.5) is 0 Å². The molecule has 2 aromatic rings. The molecule has 9 nitrogen and oxygen atoms in total. The third-order valence-electron chi connectivity index (χ3n) is 6.26. The first-order valence-corrected chi connectivity index (χ1v) is 13.0. The molecule has 198 valence electrons. The summed E-state index contributed by atoms with van der Waals surface area (Å²) < 4.78 is 0. The molecule has 37 heavy (non-hydrogen) atoms. The summed E-state index contributed by atoms with van der Waals surface area (Å²) >= 11 is 1.21. The smallest absolute Gasteiger partial charge is 0.333 e. The Labute approximate surface area is 220 Å². The number of carboxylic acids is 2. The van der Waals surface area contributed by atoms with Crippen LogP contribution in [0, 0.1) is 5.92 Å². The van der Waals surface area contributed by atoms with Gasteiger partial charge in [0, 0.05) is 29.3 Å². The van der Waals surface area contributed by atoms with Crippen molar-refractivity contribution < 1.29 is 29.4 Å². The van der Waals surface area contributed by atoms with Gasteiger partial charge < -0.3 is 20.4 Å². The molecule has 1 aliphatic rings. The van der Waals surface area contributed by atoms with Crippen molar-refractivity contribution >= 4 is 35.1 Å². The quantitative estimate of drug-likeness (QED) is 0.448. The van der Waals surface area contributed by atoms with Crippen molar-refractivity contribution in [2.45, 2.75) is 64.5 Å². The Kier molecular flexibility index (Phi) is 8.22. The van der Waals surface area contributed by atoms with Gasteiger partial charge in [-0.05, 0) is 41.5 Å². The van der Waals surface area contributed by atoms with Crippen LogP contribution >= 0.6 is 11.3 Å². The number of carbonyl (C=O) groups is 4. The number of aromatic nitrogens is 1. The van der Waals surface area contributed by atoms with E-state index < -0.39 is 35.3 Å². The zero-order valence-corrected chi connectivity index (χ0v) is 22.5. The molecule has 1 aromatic heterocycles.